The maximum atomic E-state index is 11.1. The summed E-state index contributed by atoms with van der Waals surface area (Å²) in [5.41, 5.74) is 2.40. The lowest BCUT2D eigenvalue weighted by atomic mass is 10.2. The number of nitro benzene ring substituents is 1. The molecular weight excluding hydrogens is 330 g/mol. The van der Waals surface area contributed by atoms with Crippen LogP contribution >= 0.6 is 0 Å². The van der Waals surface area contributed by atoms with Crippen LogP contribution in [0, 0.1) is 17.0 Å². The van der Waals surface area contributed by atoms with Gasteiger partial charge in [-0.05, 0) is 18.6 Å². The Bertz CT molecular complexity index is 728. The summed E-state index contributed by atoms with van der Waals surface area (Å²) in [7, 11) is 0. The van der Waals surface area contributed by atoms with E-state index in [-0.39, 0.29) is 10.6 Å². The van der Waals surface area contributed by atoms with E-state index in [1.165, 1.54) is 16.5 Å². The number of rotatable bonds is 7. The Labute approximate surface area is 154 Å². The summed E-state index contributed by atoms with van der Waals surface area (Å²) < 4.78 is 5.74. The number of aryl methyl sites for hydroxylation is 1. The van der Waals surface area contributed by atoms with E-state index in [9.17, 15) is 10.1 Å². The number of nitrogens with zero attached hydrogens (tertiary/aromatic N) is 1. The Hall–Kier alpha value is -2.44. The third-order valence-corrected chi connectivity index (χ3v) is 4.99. The molecule has 1 aliphatic heterocycles. The molecule has 0 saturated carbocycles. The fourth-order valence-electron chi connectivity index (χ4n) is 3.46. The first kappa shape index (κ1) is 18.4. The molecule has 1 saturated heterocycles. The number of benzene rings is 2. The van der Waals surface area contributed by atoms with Gasteiger partial charge < -0.3 is 14.5 Å². The number of hydrogen-bond donors (Lipinski definition) is 2. The van der Waals surface area contributed by atoms with Gasteiger partial charge in [0.25, 0.3) is 0 Å². The fourth-order valence-corrected chi connectivity index (χ4v) is 3.46. The van der Waals surface area contributed by atoms with Crippen LogP contribution in [0.1, 0.15) is 11.1 Å². The number of hydrogen-bond acceptors (Lipinski definition) is 3. The van der Waals surface area contributed by atoms with E-state index in [0.29, 0.717) is 12.4 Å². The van der Waals surface area contributed by atoms with Crippen molar-refractivity contribution in [3.05, 3.63) is 69.8 Å². The Morgan fingerprint density at radius 1 is 1.04 bits per heavy atom. The van der Waals surface area contributed by atoms with Gasteiger partial charge in [-0.15, -0.1) is 0 Å². The minimum Gasteiger partial charge on any atom is -0.481 e. The Morgan fingerprint density at radius 3 is 2.42 bits per heavy atom. The van der Waals surface area contributed by atoms with Crippen molar-refractivity contribution in [3.8, 4) is 5.75 Å². The van der Waals surface area contributed by atoms with E-state index in [1.54, 1.807) is 17.0 Å². The summed E-state index contributed by atoms with van der Waals surface area (Å²) >= 11 is 0. The topological polar surface area (TPSA) is 61.2 Å². The summed E-state index contributed by atoms with van der Waals surface area (Å²) in [6.45, 7) is 8.90. The molecule has 0 aliphatic carbocycles. The van der Waals surface area contributed by atoms with Gasteiger partial charge >= 0.3 is 5.69 Å². The van der Waals surface area contributed by atoms with E-state index >= 15 is 0 Å². The second-order valence-corrected chi connectivity index (χ2v) is 6.99. The first-order valence-electron chi connectivity index (χ1n) is 9.21. The fraction of sp³-hybridized carbons (Fsp3) is 0.400. The summed E-state index contributed by atoms with van der Waals surface area (Å²) in [5, 5.41) is 11.1. The molecule has 1 heterocycles. The van der Waals surface area contributed by atoms with Gasteiger partial charge in [0.2, 0.25) is 0 Å². The van der Waals surface area contributed by atoms with Gasteiger partial charge in [0.05, 0.1) is 4.92 Å². The first-order valence-corrected chi connectivity index (χ1v) is 9.21. The monoisotopic (exact) mass is 357 g/mol. The van der Waals surface area contributed by atoms with Crippen molar-refractivity contribution >= 4 is 5.69 Å². The van der Waals surface area contributed by atoms with Crippen molar-refractivity contribution in [1.29, 1.82) is 0 Å². The third-order valence-electron chi connectivity index (χ3n) is 4.99. The summed E-state index contributed by atoms with van der Waals surface area (Å²) in [4.78, 5) is 13.9. The lowest BCUT2D eigenvalue weighted by Crippen LogP contribution is -3.27. The third kappa shape index (κ3) is 5.03. The van der Waals surface area contributed by atoms with Crippen molar-refractivity contribution in [2.45, 2.75) is 13.5 Å². The molecule has 0 radical (unpaired) electrons. The van der Waals surface area contributed by atoms with E-state index in [1.807, 2.05) is 6.92 Å². The van der Waals surface area contributed by atoms with Crippen molar-refractivity contribution in [1.82, 2.24) is 0 Å². The number of quaternary nitrogens is 2. The molecule has 6 nitrogen and oxygen atoms in total. The highest BCUT2D eigenvalue weighted by atomic mass is 16.6. The van der Waals surface area contributed by atoms with Gasteiger partial charge in [-0.25, -0.2) is 0 Å². The molecule has 0 unspecified atom stereocenters. The van der Waals surface area contributed by atoms with Gasteiger partial charge in [-0.3, -0.25) is 10.1 Å². The van der Waals surface area contributed by atoms with Crippen LogP contribution in [0.3, 0.4) is 0 Å². The molecule has 0 aromatic heterocycles. The highest BCUT2D eigenvalue weighted by Gasteiger charge is 2.23. The molecule has 0 spiro atoms. The molecule has 0 bridgehead atoms. The molecule has 26 heavy (non-hydrogen) atoms. The summed E-state index contributed by atoms with van der Waals surface area (Å²) in [6.07, 6.45) is 0. The van der Waals surface area contributed by atoms with Crippen molar-refractivity contribution in [2.75, 3.05) is 39.3 Å². The zero-order valence-corrected chi connectivity index (χ0v) is 15.2. The van der Waals surface area contributed by atoms with E-state index < -0.39 is 0 Å². The molecule has 0 amide bonds. The van der Waals surface area contributed by atoms with Crippen LogP contribution in [-0.4, -0.2) is 44.3 Å². The zero-order valence-electron chi connectivity index (χ0n) is 15.2. The van der Waals surface area contributed by atoms with Crippen LogP contribution < -0.4 is 14.5 Å². The van der Waals surface area contributed by atoms with E-state index in [0.717, 1.165) is 44.8 Å². The van der Waals surface area contributed by atoms with E-state index in [2.05, 4.69) is 30.3 Å². The molecule has 3 rings (SSSR count). The lowest BCUT2D eigenvalue weighted by molar-refractivity contribution is -1.02. The number of piperazine rings is 1. The molecule has 0 atom stereocenters. The van der Waals surface area contributed by atoms with Gasteiger partial charge in [0.15, 0.2) is 5.75 Å². The van der Waals surface area contributed by atoms with Crippen molar-refractivity contribution < 1.29 is 19.5 Å². The van der Waals surface area contributed by atoms with Gasteiger partial charge in [-0.1, -0.05) is 36.4 Å². The molecule has 2 aromatic rings. The predicted molar refractivity (Wildman–Crippen MR) is 99.7 cm³/mol. The maximum absolute atomic E-state index is 11.1. The number of nitro groups is 1. The van der Waals surface area contributed by atoms with Crippen LogP contribution in [-0.2, 0) is 6.54 Å². The number of nitrogens with one attached hydrogen (secondary N) is 2. The average molecular weight is 357 g/mol. The van der Waals surface area contributed by atoms with Gasteiger partial charge in [-0.2, -0.15) is 0 Å². The van der Waals surface area contributed by atoms with Crippen LogP contribution in [0.4, 0.5) is 5.69 Å². The zero-order chi connectivity index (χ0) is 18.4. The first-order chi connectivity index (χ1) is 12.6. The normalized spacial score (nSPS) is 19.9. The van der Waals surface area contributed by atoms with Crippen LogP contribution in [0.5, 0.6) is 5.75 Å². The van der Waals surface area contributed by atoms with Crippen LogP contribution in [0.15, 0.2) is 48.5 Å². The van der Waals surface area contributed by atoms with Crippen LogP contribution in [0.2, 0.25) is 0 Å². The van der Waals surface area contributed by atoms with Gasteiger partial charge in [0.1, 0.15) is 45.9 Å². The SMILES string of the molecule is Cc1ccc([N+](=O)[O-])c(OCC[NH+]2CC[NH+](Cc3ccccc3)CC2)c1. The standard InChI is InChI=1S/C20H25N3O3/c1-17-7-8-19(23(24)25)20(15-17)26-14-13-21-9-11-22(12-10-21)16-18-5-3-2-4-6-18/h2-8,15H,9-14,16H2,1H3/p+2. The molecule has 138 valence electrons. The Balaban J connectivity index is 1.43. The highest BCUT2D eigenvalue weighted by Crippen LogP contribution is 2.27. The summed E-state index contributed by atoms with van der Waals surface area (Å²) in [5.74, 6) is 0.378. The second kappa shape index (κ2) is 8.78. The minimum atomic E-state index is -0.382. The Kier molecular flexibility index (Phi) is 6.20. The smallest absolute Gasteiger partial charge is 0.310 e. The minimum absolute atomic E-state index is 0.0442. The second-order valence-electron chi connectivity index (χ2n) is 6.99. The molecule has 2 N–H and O–H groups in total. The largest absolute Gasteiger partial charge is 0.481 e. The average Bonchev–Trinajstić information content (AvgIpc) is 2.64. The molecule has 2 aromatic carbocycles. The molecule has 1 aliphatic rings. The van der Waals surface area contributed by atoms with Crippen molar-refractivity contribution in [3.63, 3.8) is 0 Å². The quantitative estimate of drug-likeness (QED) is 0.552. The molecular formula is C20H27N3O3+2. The van der Waals surface area contributed by atoms with Crippen LogP contribution in [0.25, 0.3) is 0 Å². The Morgan fingerprint density at radius 2 is 1.73 bits per heavy atom. The maximum Gasteiger partial charge on any atom is 0.310 e. The number of ether oxygens (including phenoxy) is 1. The van der Waals surface area contributed by atoms with E-state index in [4.69, 9.17) is 4.74 Å². The summed E-state index contributed by atoms with van der Waals surface area (Å²) in [6, 6.07) is 15.6. The molecule has 1 fully saturated rings. The van der Waals surface area contributed by atoms with Gasteiger partial charge in [0, 0.05) is 11.6 Å². The highest BCUT2D eigenvalue weighted by molar-refractivity contribution is 5.48. The lowest BCUT2D eigenvalue weighted by Gasteiger charge is -2.29. The predicted octanol–water partition coefficient (Wildman–Crippen LogP) is 0.266. The molecule has 6 heteroatoms. The van der Waals surface area contributed by atoms with Crippen molar-refractivity contribution in [2.24, 2.45) is 0 Å².